The van der Waals surface area contributed by atoms with Gasteiger partial charge in [0.05, 0.1) is 12.2 Å². The number of rotatable bonds is 11. The number of benzene rings is 2. The van der Waals surface area contributed by atoms with Crippen molar-refractivity contribution < 1.29 is 14.6 Å². The lowest BCUT2D eigenvalue weighted by Gasteiger charge is -2.10. The number of aromatic carboxylic acids is 1. The second-order valence-corrected chi connectivity index (χ2v) is 6.30. The van der Waals surface area contributed by atoms with E-state index in [-0.39, 0.29) is 16.9 Å². The Morgan fingerprint density at radius 1 is 0.923 bits per heavy atom. The van der Waals surface area contributed by atoms with E-state index in [2.05, 4.69) is 24.3 Å². The summed E-state index contributed by atoms with van der Waals surface area (Å²) in [4.78, 5) is 11.2. The first-order chi connectivity index (χ1) is 12.7. The summed E-state index contributed by atoms with van der Waals surface area (Å²) in [6.07, 6.45) is 7.80. The molecule has 0 fully saturated rings. The van der Waals surface area contributed by atoms with Crippen LogP contribution in [0, 0.1) is 11.3 Å². The van der Waals surface area contributed by atoms with E-state index in [0.717, 1.165) is 25.7 Å². The normalized spacial score (nSPS) is 10.3. The Kier molecular flexibility index (Phi) is 8.21. The smallest absolute Gasteiger partial charge is 0.339 e. The van der Waals surface area contributed by atoms with Crippen molar-refractivity contribution in [2.45, 2.75) is 44.9 Å². The van der Waals surface area contributed by atoms with Crippen LogP contribution in [0.25, 0.3) is 0 Å². The van der Waals surface area contributed by atoms with Gasteiger partial charge < -0.3 is 9.84 Å². The topological polar surface area (TPSA) is 70.3 Å². The molecule has 4 nitrogen and oxygen atoms in total. The van der Waals surface area contributed by atoms with Crippen molar-refractivity contribution in [3.05, 3.63) is 65.2 Å². The van der Waals surface area contributed by atoms with E-state index in [4.69, 9.17) is 10.00 Å². The fourth-order valence-corrected chi connectivity index (χ4v) is 2.91. The zero-order valence-electron chi connectivity index (χ0n) is 15.0. The molecule has 0 unspecified atom stereocenters. The maximum absolute atomic E-state index is 11.2. The van der Waals surface area contributed by atoms with Crippen LogP contribution in [0.5, 0.6) is 5.75 Å². The number of hydrogen-bond donors (Lipinski definition) is 1. The van der Waals surface area contributed by atoms with Gasteiger partial charge in [-0.2, -0.15) is 5.26 Å². The molecule has 1 N–H and O–H groups in total. The molecule has 4 heteroatoms. The number of carboxylic acids is 1. The number of nitrogens with zero attached hydrogens (tertiary/aromatic N) is 1. The number of carbonyl (C=O) groups is 1. The molecule has 0 aromatic heterocycles. The van der Waals surface area contributed by atoms with Crippen LogP contribution in [0.3, 0.4) is 0 Å². The van der Waals surface area contributed by atoms with Gasteiger partial charge in [0, 0.05) is 0 Å². The highest BCUT2D eigenvalue weighted by Gasteiger charge is 2.15. The Labute approximate surface area is 155 Å². The highest BCUT2D eigenvalue weighted by molar-refractivity contribution is 5.91. The Balaban J connectivity index is 1.61. The molecule has 0 amide bonds. The molecular formula is C22H25NO3. The standard InChI is InChI=1S/C22H25NO3/c23-17-19-14-10-15-20(22(24)25)21(19)26-16-9-4-2-1-3-6-11-18-12-7-5-8-13-18/h5,7-8,10,12-15H,1-4,6,9,11,16H2,(H,24,25). The molecule has 26 heavy (non-hydrogen) atoms. The Bertz CT molecular complexity index is 735. The maximum atomic E-state index is 11.2. The third kappa shape index (κ3) is 6.25. The molecule has 0 aliphatic rings. The van der Waals surface area contributed by atoms with Crippen molar-refractivity contribution in [2.24, 2.45) is 0 Å². The second kappa shape index (κ2) is 10.9. The molecule has 2 rings (SSSR count). The summed E-state index contributed by atoms with van der Waals surface area (Å²) >= 11 is 0. The minimum Gasteiger partial charge on any atom is -0.491 e. The van der Waals surface area contributed by atoms with E-state index in [0.29, 0.717) is 6.61 Å². The molecule has 0 radical (unpaired) electrons. The van der Waals surface area contributed by atoms with Gasteiger partial charge in [-0.05, 0) is 37.0 Å². The average Bonchev–Trinajstić information content (AvgIpc) is 2.67. The summed E-state index contributed by atoms with van der Waals surface area (Å²) in [6.45, 7) is 0.434. The zero-order chi connectivity index (χ0) is 18.6. The number of nitriles is 1. The molecule has 0 saturated carbocycles. The third-order valence-corrected chi connectivity index (χ3v) is 4.31. The molecule has 0 aliphatic heterocycles. The molecule has 2 aromatic carbocycles. The minimum absolute atomic E-state index is 0.0463. The van der Waals surface area contributed by atoms with Crippen LogP contribution in [0.1, 0.15) is 60.0 Å². The molecule has 0 bridgehead atoms. The van der Waals surface area contributed by atoms with Gasteiger partial charge in [-0.3, -0.25) is 0 Å². The van der Waals surface area contributed by atoms with Crippen molar-refractivity contribution in [1.82, 2.24) is 0 Å². The van der Waals surface area contributed by atoms with Gasteiger partial charge in [0.1, 0.15) is 11.6 Å². The van der Waals surface area contributed by atoms with Crippen LogP contribution in [-0.2, 0) is 6.42 Å². The maximum Gasteiger partial charge on any atom is 0.339 e. The summed E-state index contributed by atoms with van der Waals surface area (Å²) in [6, 6.07) is 17.1. The first-order valence-corrected chi connectivity index (χ1v) is 9.15. The highest BCUT2D eigenvalue weighted by Crippen LogP contribution is 2.24. The number of unbranched alkanes of at least 4 members (excludes halogenated alkanes) is 5. The van der Waals surface area contributed by atoms with Crippen molar-refractivity contribution in [3.63, 3.8) is 0 Å². The first kappa shape index (κ1) is 19.5. The molecule has 0 aliphatic carbocycles. The number of para-hydroxylation sites is 1. The summed E-state index contributed by atoms with van der Waals surface area (Å²) in [5.74, 6) is -0.888. The van der Waals surface area contributed by atoms with E-state index in [1.54, 1.807) is 12.1 Å². The van der Waals surface area contributed by atoms with Crippen LogP contribution in [-0.4, -0.2) is 17.7 Å². The minimum atomic E-state index is -1.07. The van der Waals surface area contributed by atoms with Gasteiger partial charge in [-0.15, -0.1) is 0 Å². The van der Waals surface area contributed by atoms with Gasteiger partial charge in [0.15, 0.2) is 5.75 Å². The van der Waals surface area contributed by atoms with Gasteiger partial charge >= 0.3 is 5.97 Å². The summed E-state index contributed by atoms with van der Waals surface area (Å²) < 4.78 is 5.60. The Morgan fingerprint density at radius 2 is 1.62 bits per heavy atom. The number of hydrogen-bond acceptors (Lipinski definition) is 3. The molecule has 0 heterocycles. The molecule has 0 saturated heterocycles. The quantitative estimate of drug-likeness (QED) is 0.564. The number of aryl methyl sites for hydroxylation is 1. The monoisotopic (exact) mass is 351 g/mol. The van der Waals surface area contributed by atoms with Crippen LogP contribution in [0.15, 0.2) is 48.5 Å². The summed E-state index contributed by atoms with van der Waals surface area (Å²) in [5, 5.41) is 18.3. The average molecular weight is 351 g/mol. The lowest BCUT2D eigenvalue weighted by atomic mass is 10.1. The van der Waals surface area contributed by atoms with E-state index < -0.39 is 5.97 Å². The van der Waals surface area contributed by atoms with Crippen molar-refractivity contribution in [1.29, 1.82) is 5.26 Å². The summed E-state index contributed by atoms with van der Waals surface area (Å²) in [5.41, 5.74) is 1.71. The molecule has 0 atom stereocenters. The first-order valence-electron chi connectivity index (χ1n) is 9.15. The van der Waals surface area contributed by atoms with Crippen LogP contribution in [0.2, 0.25) is 0 Å². The van der Waals surface area contributed by atoms with Crippen LogP contribution >= 0.6 is 0 Å². The SMILES string of the molecule is N#Cc1cccc(C(=O)O)c1OCCCCCCCCc1ccccc1. The predicted octanol–water partition coefficient (Wildman–Crippen LogP) is 5.22. The molecule has 0 spiro atoms. The van der Waals surface area contributed by atoms with E-state index in [1.165, 1.54) is 30.9 Å². The second-order valence-electron chi connectivity index (χ2n) is 6.30. The van der Waals surface area contributed by atoms with Crippen LogP contribution in [0.4, 0.5) is 0 Å². The van der Waals surface area contributed by atoms with Crippen molar-refractivity contribution in [3.8, 4) is 11.8 Å². The third-order valence-electron chi connectivity index (χ3n) is 4.31. The van der Waals surface area contributed by atoms with Gasteiger partial charge in [0.25, 0.3) is 0 Å². The lowest BCUT2D eigenvalue weighted by Crippen LogP contribution is -2.06. The van der Waals surface area contributed by atoms with E-state index in [1.807, 2.05) is 12.1 Å². The molecule has 2 aromatic rings. The fraction of sp³-hybridized carbons (Fsp3) is 0.364. The van der Waals surface area contributed by atoms with Crippen molar-refractivity contribution in [2.75, 3.05) is 6.61 Å². The van der Waals surface area contributed by atoms with Gasteiger partial charge in [0.2, 0.25) is 0 Å². The Hall–Kier alpha value is -2.80. The predicted molar refractivity (Wildman–Crippen MR) is 101 cm³/mol. The molecule has 136 valence electrons. The number of carboxylic acid groups (broad SMARTS) is 1. The van der Waals surface area contributed by atoms with Gasteiger partial charge in [-0.25, -0.2) is 4.79 Å². The number of ether oxygens (including phenoxy) is 1. The largest absolute Gasteiger partial charge is 0.491 e. The summed E-state index contributed by atoms with van der Waals surface area (Å²) in [7, 11) is 0. The zero-order valence-corrected chi connectivity index (χ0v) is 15.0. The van der Waals surface area contributed by atoms with E-state index in [9.17, 15) is 9.90 Å². The van der Waals surface area contributed by atoms with E-state index >= 15 is 0 Å². The molecular weight excluding hydrogens is 326 g/mol. The van der Waals surface area contributed by atoms with Gasteiger partial charge in [-0.1, -0.05) is 62.1 Å². The van der Waals surface area contributed by atoms with Crippen LogP contribution < -0.4 is 4.74 Å². The highest BCUT2D eigenvalue weighted by atomic mass is 16.5. The Morgan fingerprint density at radius 3 is 2.31 bits per heavy atom. The van der Waals surface area contributed by atoms with Crippen molar-refractivity contribution >= 4 is 5.97 Å². The lowest BCUT2D eigenvalue weighted by molar-refractivity contribution is 0.0692. The fourth-order valence-electron chi connectivity index (χ4n) is 2.91.